The van der Waals surface area contributed by atoms with Gasteiger partial charge >= 0.3 is 0 Å². The third kappa shape index (κ3) is 4.13. The van der Waals surface area contributed by atoms with Crippen molar-refractivity contribution in [1.82, 2.24) is 10.0 Å². The maximum atomic E-state index is 12.6. The van der Waals surface area contributed by atoms with Crippen molar-refractivity contribution >= 4 is 33.4 Å². The van der Waals surface area contributed by atoms with Crippen LogP contribution in [0.1, 0.15) is 24.8 Å². The maximum Gasteiger partial charge on any atom is 0.242 e. The van der Waals surface area contributed by atoms with Crippen LogP contribution < -0.4 is 10.0 Å². The predicted molar refractivity (Wildman–Crippen MR) is 89.5 cm³/mol. The van der Waals surface area contributed by atoms with Crippen LogP contribution in [0.25, 0.3) is 0 Å². The summed E-state index contributed by atoms with van der Waals surface area (Å²) in [5, 5.41) is 3.62. The first-order chi connectivity index (χ1) is 9.97. The summed E-state index contributed by atoms with van der Waals surface area (Å²) in [6, 6.07) is 5.11. The van der Waals surface area contributed by atoms with E-state index in [1.54, 1.807) is 23.9 Å². The lowest BCUT2D eigenvalue weighted by Gasteiger charge is -2.20. The van der Waals surface area contributed by atoms with Crippen molar-refractivity contribution < 1.29 is 8.42 Å². The normalized spacial score (nSPS) is 22.6. The van der Waals surface area contributed by atoms with E-state index in [1.165, 1.54) is 0 Å². The van der Waals surface area contributed by atoms with Crippen molar-refractivity contribution in [2.24, 2.45) is 0 Å². The largest absolute Gasteiger partial charge is 0.316 e. The lowest BCUT2D eigenvalue weighted by atomic mass is 10.2. The van der Waals surface area contributed by atoms with Gasteiger partial charge in [0.1, 0.15) is 4.90 Å². The number of halogens is 1. The molecule has 0 radical (unpaired) electrons. The van der Waals surface area contributed by atoms with Gasteiger partial charge in [0.2, 0.25) is 10.0 Å². The fraction of sp³-hybridized carbons (Fsp3) is 0.571. The molecule has 2 rings (SSSR count). The van der Waals surface area contributed by atoms with E-state index in [4.69, 9.17) is 11.6 Å². The zero-order chi connectivity index (χ0) is 15.5. The summed E-state index contributed by atoms with van der Waals surface area (Å²) in [4.78, 5) is 0.170. The monoisotopic (exact) mass is 348 g/mol. The molecule has 7 heteroatoms. The van der Waals surface area contributed by atoms with Crippen molar-refractivity contribution in [3.05, 3.63) is 28.8 Å². The van der Waals surface area contributed by atoms with Crippen molar-refractivity contribution in [2.45, 2.75) is 42.0 Å². The first-order valence-corrected chi connectivity index (χ1v) is 10.1. The van der Waals surface area contributed by atoms with E-state index in [0.717, 1.165) is 24.8 Å². The summed E-state index contributed by atoms with van der Waals surface area (Å²) < 4.78 is 28.0. The highest BCUT2D eigenvalue weighted by molar-refractivity contribution is 7.99. The Labute approximate surface area is 136 Å². The average molecular weight is 349 g/mol. The van der Waals surface area contributed by atoms with E-state index >= 15 is 0 Å². The minimum absolute atomic E-state index is 0.00553. The number of hydrogen-bond acceptors (Lipinski definition) is 4. The van der Waals surface area contributed by atoms with Crippen molar-refractivity contribution in [3.8, 4) is 0 Å². The van der Waals surface area contributed by atoms with Crippen LogP contribution in [0.3, 0.4) is 0 Å². The fourth-order valence-electron chi connectivity index (χ4n) is 2.67. The van der Waals surface area contributed by atoms with E-state index in [-0.39, 0.29) is 16.0 Å². The average Bonchev–Trinajstić information content (AvgIpc) is 2.87. The van der Waals surface area contributed by atoms with E-state index < -0.39 is 10.0 Å². The molecule has 0 saturated heterocycles. The number of nitrogens with one attached hydrogen (secondary N) is 2. The molecule has 2 N–H and O–H groups in total. The summed E-state index contributed by atoms with van der Waals surface area (Å²) in [6.07, 6.45) is 5.03. The molecule has 0 bridgehead atoms. The molecule has 1 fully saturated rings. The molecule has 0 aromatic heterocycles. The molecule has 21 heavy (non-hydrogen) atoms. The number of hydrogen-bond donors (Lipinski definition) is 2. The minimum Gasteiger partial charge on any atom is -0.316 e. The van der Waals surface area contributed by atoms with Crippen LogP contribution in [-0.4, -0.2) is 33.0 Å². The molecule has 4 nitrogen and oxygen atoms in total. The molecule has 1 aliphatic rings. The number of rotatable bonds is 6. The van der Waals surface area contributed by atoms with Gasteiger partial charge in [-0.15, -0.1) is 0 Å². The molecule has 1 aromatic rings. The predicted octanol–water partition coefficient (Wildman–Crippen LogP) is 2.62. The Morgan fingerprint density at radius 2 is 2.14 bits per heavy atom. The third-order valence-electron chi connectivity index (χ3n) is 3.73. The molecule has 0 spiro atoms. The van der Waals surface area contributed by atoms with Gasteiger partial charge in [0.25, 0.3) is 0 Å². The molecule has 118 valence electrons. The van der Waals surface area contributed by atoms with Crippen LogP contribution in [0.4, 0.5) is 0 Å². The van der Waals surface area contributed by atoms with Crippen LogP contribution in [0.5, 0.6) is 0 Å². The van der Waals surface area contributed by atoms with Crippen LogP contribution in [0.2, 0.25) is 5.02 Å². The maximum absolute atomic E-state index is 12.6. The van der Waals surface area contributed by atoms with Gasteiger partial charge in [-0.3, -0.25) is 0 Å². The van der Waals surface area contributed by atoms with E-state index in [2.05, 4.69) is 10.0 Å². The Bertz CT molecular complexity index is 593. The zero-order valence-electron chi connectivity index (χ0n) is 12.2. The van der Waals surface area contributed by atoms with Gasteiger partial charge in [-0.25, -0.2) is 13.1 Å². The number of benzene rings is 1. The van der Waals surface area contributed by atoms with Gasteiger partial charge in [0.05, 0.1) is 5.02 Å². The molecule has 2 atom stereocenters. The second kappa shape index (κ2) is 7.33. The Balaban J connectivity index is 2.24. The Kier molecular flexibility index (Phi) is 5.96. The van der Waals surface area contributed by atoms with Crippen molar-refractivity contribution in [2.75, 3.05) is 13.3 Å². The first-order valence-electron chi connectivity index (χ1n) is 6.96. The molecule has 0 aliphatic heterocycles. The van der Waals surface area contributed by atoms with Crippen LogP contribution in [0.15, 0.2) is 23.1 Å². The molecule has 1 aliphatic carbocycles. The summed E-state index contributed by atoms with van der Waals surface area (Å²) in [5.41, 5.74) is 0.898. The highest BCUT2D eigenvalue weighted by Gasteiger charge is 2.31. The van der Waals surface area contributed by atoms with Gasteiger partial charge < -0.3 is 5.32 Å². The lowest BCUT2D eigenvalue weighted by molar-refractivity contribution is 0.555. The topological polar surface area (TPSA) is 58.2 Å². The molecule has 0 amide bonds. The highest BCUT2D eigenvalue weighted by Crippen LogP contribution is 2.30. The van der Waals surface area contributed by atoms with Gasteiger partial charge in [0, 0.05) is 17.8 Å². The molecule has 2 unspecified atom stereocenters. The SMILES string of the molecule is CNCc1ccc(Cl)c(S(=O)(=O)NC2CCCC2SC)c1. The zero-order valence-corrected chi connectivity index (χ0v) is 14.6. The summed E-state index contributed by atoms with van der Waals surface area (Å²) in [6.45, 7) is 0.608. The second-order valence-electron chi connectivity index (χ2n) is 5.23. The Hall–Kier alpha value is -0.270. The van der Waals surface area contributed by atoms with E-state index in [0.29, 0.717) is 11.8 Å². The lowest BCUT2D eigenvalue weighted by Crippen LogP contribution is -2.38. The number of thioether (sulfide) groups is 1. The van der Waals surface area contributed by atoms with Crippen LogP contribution in [0, 0.1) is 0 Å². The summed E-state index contributed by atoms with van der Waals surface area (Å²) in [7, 11) is -1.76. The molecule has 0 heterocycles. The smallest absolute Gasteiger partial charge is 0.242 e. The Morgan fingerprint density at radius 3 is 2.81 bits per heavy atom. The highest BCUT2D eigenvalue weighted by atomic mass is 35.5. The molecule has 1 aromatic carbocycles. The first kappa shape index (κ1) is 17.1. The van der Waals surface area contributed by atoms with Crippen molar-refractivity contribution in [1.29, 1.82) is 0 Å². The molecular weight excluding hydrogens is 328 g/mol. The standard InChI is InChI=1S/C14H21ClN2O2S2/c1-16-9-10-6-7-11(15)14(8-10)21(18,19)17-12-4-3-5-13(12)20-2/h6-8,12-13,16-17H,3-5,9H2,1-2H3. The quantitative estimate of drug-likeness (QED) is 0.829. The number of sulfonamides is 1. The second-order valence-corrected chi connectivity index (χ2v) is 8.39. The summed E-state index contributed by atoms with van der Waals surface area (Å²) in [5.74, 6) is 0. The van der Waals surface area contributed by atoms with Gasteiger partial charge in [-0.05, 0) is 43.8 Å². The fourth-order valence-corrected chi connectivity index (χ4v) is 5.56. The molecule has 1 saturated carbocycles. The third-order valence-corrected chi connectivity index (χ3v) is 6.87. The van der Waals surface area contributed by atoms with E-state index in [9.17, 15) is 8.42 Å². The van der Waals surface area contributed by atoms with Gasteiger partial charge in [-0.1, -0.05) is 24.1 Å². The minimum atomic E-state index is -3.58. The van der Waals surface area contributed by atoms with Crippen LogP contribution >= 0.6 is 23.4 Å². The molecular formula is C14H21ClN2O2S2. The van der Waals surface area contributed by atoms with E-state index in [1.807, 2.05) is 19.4 Å². The van der Waals surface area contributed by atoms with Crippen molar-refractivity contribution in [3.63, 3.8) is 0 Å². The summed E-state index contributed by atoms with van der Waals surface area (Å²) >= 11 is 7.81. The van der Waals surface area contributed by atoms with Gasteiger partial charge in [-0.2, -0.15) is 11.8 Å². The van der Waals surface area contributed by atoms with Crippen LogP contribution in [-0.2, 0) is 16.6 Å². The Morgan fingerprint density at radius 1 is 1.38 bits per heavy atom. The van der Waals surface area contributed by atoms with Gasteiger partial charge in [0.15, 0.2) is 0 Å².